The first-order valence-corrected chi connectivity index (χ1v) is 8.44. The Morgan fingerprint density at radius 3 is 2.79 bits per heavy atom. The van der Waals surface area contributed by atoms with Gasteiger partial charge in [0.25, 0.3) is 0 Å². The Bertz CT molecular complexity index is 827. The molecule has 1 unspecified atom stereocenters. The minimum Gasteiger partial charge on any atom is -0.508 e. The van der Waals surface area contributed by atoms with E-state index in [2.05, 4.69) is 9.98 Å². The number of carbonyl (C=O) groups is 1. The fraction of sp³-hybridized carbons (Fsp3) is 0.235. The van der Waals surface area contributed by atoms with Gasteiger partial charge in [-0.15, -0.1) is 11.3 Å². The Morgan fingerprint density at radius 1 is 1.42 bits per heavy atom. The molecule has 2 aromatic rings. The minimum atomic E-state index is -1.01. The van der Waals surface area contributed by atoms with E-state index in [9.17, 15) is 15.0 Å². The number of aromatic hydroxyl groups is 1. The van der Waals surface area contributed by atoms with Crippen molar-refractivity contribution in [1.82, 2.24) is 9.88 Å². The number of phenols is 1. The molecule has 6 nitrogen and oxygen atoms in total. The maximum atomic E-state index is 11.9. The van der Waals surface area contributed by atoms with Gasteiger partial charge in [-0.05, 0) is 31.5 Å². The van der Waals surface area contributed by atoms with Crippen molar-refractivity contribution in [2.75, 3.05) is 6.54 Å². The van der Waals surface area contributed by atoms with Gasteiger partial charge in [-0.3, -0.25) is 0 Å². The summed E-state index contributed by atoms with van der Waals surface area (Å²) in [5, 5.41) is 21.4. The second kappa shape index (κ2) is 6.45. The van der Waals surface area contributed by atoms with Gasteiger partial charge in [-0.2, -0.15) is 0 Å². The molecule has 1 aliphatic heterocycles. The standard InChI is InChI=1S/C17H17N3O3S/c1-3-20-15(11-5-4-6-12(21)7-11)14(17(22)23)10(2)19-16(20)13-8-24-9-18-13/h4-9,15,21H,3H2,1-2H3,(H,22,23). The molecule has 0 radical (unpaired) electrons. The molecule has 2 N–H and O–H groups in total. The number of benzene rings is 1. The van der Waals surface area contributed by atoms with Crippen LogP contribution in [0.4, 0.5) is 0 Å². The number of phenolic OH excluding ortho intramolecular Hbond substituents is 1. The third-order valence-electron chi connectivity index (χ3n) is 3.94. The number of likely N-dealkylation sites (N-methyl/N-ethyl adjacent to an activating group) is 1. The van der Waals surface area contributed by atoms with Crippen molar-refractivity contribution >= 4 is 23.1 Å². The van der Waals surface area contributed by atoms with Crippen LogP contribution in [-0.2, 0) is 4.79 Å². The first-order valence-electron chi connectivity index (χ1n) is 7.49. The van der Waals surface area contributed by atoms with Gasteiger partial charge in [-0.1, -0.05) is 12.1 Å². The van der Waals surface area contributed by atoms with Crippen LogP contribution >= 0.6 is 11.3 Å². The molecular weight excluding hydrogens is 326 g/mol. The number of aliphatic carboxylic acids is 1. The molecule has 2 heterocycles. The van der Waals surface area contributed by atoms with Crippen LogP contribution in [0.3, 0.4) is 0 Å². The number of nitrogens with zero attached hydrogens (tertiary/aromatic N) is 3. The average Bonchev–Trinajstić information content (AvgIpc) is 3.07. The third-order valence-corrected chi connectivity index (χ3v) is 4.53. The molecule has 0 saturated carbocycles. The largest absolute Gasteiger partial charge is 0.508 e. The van der Waals surface area contributed by atoms with Crippen LogP contribution in [-0.4, -0.2) is 38.4 Å². The fourth-order valence-electron chi connectivity index (χ4n) is 2.93. The number of amidine groups is 1. The molecule has 0 bridgehead atoms. The maximum absolute atomic E-state index is 11.9. The number of allylic oxidation sites excluding steroid dienone is 1. The zero-order chi connectivity index (χ0) is 17.3. The molecular formula is C17H17N3O3S. The molecule has 124 valence electrons. The number of aromatic nitrogens is 1. The van der Waals surface area contributed by atoms with E-state index in [1.54, 1.807) is 30.6 Å². The number of aliphatic imine (C=N–C) groups is 1. The third kappa shape index (κ3) is 2.78. The van der Waals surface area contributed by atoms with Crippen molar-refractivity contribution in [2.24, 2.45) is 4.99 Å². The van der Waals surface area contributed by atoms with Gasteiger partial charge in [0.2, 0.25) is 0 Å². The second-order valence-corrected chi connectivity index (χ2v) is 6.12. The van der Waals surface area contributed by atoms with E-state index in [1.807, 2.05) is 23.3 Å². The van der Waals surface area contributed by atoms with Gasteiger partial charge in [0.15, 0.2) is 5.84 Å². The summed E-state index contributed by atoms with van der Waals surface area (Å²) in [5.41, 5.74) is 3.80. The Hall–Kier alpha value is -2.67. The molecule has 1 aliphatic rings. The zero-order valence-corrected chi connectivity index (χ0v) is 14.1. The van der Waals surface area contributed by atoms with Gasteiger partial charge in [0, 0.05) is 11.9 Å². The van der Waals surface area contributed by atoms with Crippen molar-refractivity contribution in [3.8, 4) is 5.75 Å². The van der Waals surface area contributed by atoms with Gasteiger partial charge in [-0.25, -0.2) is 14.8 Å². The van der Waals surface area contributed by atoms with Crippen LogP contribution in [0, 0.1) is 0 Å². The zero-order valence-electron chi connectivity index (χ0n) is 13.3. The fourth-order valence-corrected chi connectivity index (χ4v) is 3.46. The highest BCUT2D eigenvalue weighted by Crippen LogP contribution is 2.37. The highest BCUT2D eigenvalue weighted by Gasteiger charge is 2.36. The monoisotopic (exact) mass is 343 g/mol. The molecule has 0 spiro atoms. The molecule has 0 aliphatic carbocycles. The molecule has 24 heavy (non-hydrogen) atoms. The summed E-state index contributed by atoms with van der Waals surface area (Å²) >= 11 is 1.46. The summed E-state index contributed by atoms with van der Waals surface area (Å²) in [5.74, 6) is -0.265. The number of hydrogen-bond donors (Lipinski definition) is 2. The van der Waals surface area contributed by atoms with Crippen molar-refractivity contribution in [1.29, 1.82) is 0 Å². The lowest BCUT2D eigenvalue weighted by Crippen LogP contribution is -2.40. The van der Waals surface area contributed by atoms with Crippen LogP contribution in [0.1, 0.15) is 31.1 Å². The molecule has 3 rings (SSSR count). The quantitative estimate of drug-likeness (QED) is 0.891. The summed E-state index contributed by atoms with van der Waals surface area (Å²) in [6.07, 6.45) is 0. The first-order chi connectivity index (χ1) is 11.5. The first kappa shape index (κ1) is 16.2. The van der Waals surface area contributed by atoms with E-state index < -0.39 is 12.0 Å². The SMILES string of the molecule is CCN1C(c2cscn2)=NC(C)=C(C(=O)O)C1c1cccc(O)c1. The lowest BCUT2D eigenvalue weighted by Gasteiger charge is -2.37. The molecule has 0 amide bonds. The van der Waals surface area contributed by atoms with Crippen LogP contribution in [0.5, 0.6) is 5.75 Å². The normalized spacial score (nSPS) is 17.8. The van der Waals surface area contributed by atoms with E-state index in [1.165, 1.54) is 11.3 Å². The summed E-state index contributed by atoms with van der Waals surface area (Å²) in [4.78, 5) is 22.6. The molecule has 1 atom stereocenters. The van der Waals surface area contributed by atoms with Crippen LogP contribution in [0.25, 0.3) is 0 Å². The Labute approximate surface area is 143 Å². The Balaban J connectivity index is 2.20. The topological polar surface area (TPSA) is 86.0 Å². The molecule has 0 saturated heterocycles. The summed E-state index contributed by atoms with van der Waals surface area (Å²) < 4.78 is 0. The van der Waals surface area contributed by atoms with Crippen molar-refractivity contribution < 1.29 is 15.0 Å². The maximum Gasteiger partial charge on any atom is 0.335 e. The second-order valence-electron chi connectivity index (χ2n) is 5.40. The molecule has 1 aromatic carbocycles. The van der Waals surface area contributed by atoms with Crippen LogP contribution in [0.15, 0.2) is 51.4 Å². The minimum absolute atomic E-state index is 0.101. The smallest absolute Gasteiger partial charge is 0.335 e. The lowest BCUT2D eigenvalue weighted by atomic mass is 9.93. The van der Waals surface area contributed by atoms with E-state index in [4.69, 9.17) is 0 Å². The van der Waals surface area contributed by atoms with E-state index in [0.29, 0.717) is 23.6 Å². The van der Waals surface area contributed by atoms with Gasteiger partial charge in [0.05, 0.1) is 22.8 Å². The predicted molar refractivity (Wildman–Crippen MR) is 92.2 cm³/mol. The van der Waals surface area contributed by atoms with Gasteiger partial charge in [0.1, 0.15) is 11.4 Å². The van der Waals surface area contributed by atoms with Crippen molar-refractivity contribution in [2.45, 2.75) is 19.9 Å². The van der Waals surface area contributed by atoms with E-state index in [-0.39, 0.29) is 11.3 Å². The van der Waals surface area contributed by atoms with Gasteiger partial charge >= 0.3 is 5.97 Å². The number of hydrogen-bond acceptors (Lipinski definition) is 6. The number of thiazole rings is 1. The summed E-state index contributed by atoms with van der Waals surface area (Å²) in [6.45, 7) is 4.19. The van der Waals surface area contributed by atoms with E-state index >= 15 is 0 Å². The summed E-state index contributed by atoms with van der Waals surface area (Å²) in [7, 11) is 0. The molecule has 0 fully saturated rings. The summed E-state index contributed by atoms with van der Waals surface area (Å²) in [6, 6.07) is 6.14. The highest BCUT2D eigenvalue weighted by molar-refractivity contribution is 7.07. The van der Waals surface area contributed by atoms with E-state index in [0.717, 1.165) is 5.69 Å². The Morgan fingerprint density at radius 2 is 2.21 bits per heavy atom. The molecule has 7 heteroatoms. The number of rotatable bonds is 4. The highest BCUT2D eigenvalue weighted by atomic mass is 32.1. The van der Waals surface area contributed by atoms with Crippen molar-refractivity contribution in [3.05, 3.63) is 57.7 Å². The van der Waals surface area contributed by atoms with Gasteiger partial charge < -0.3 is 15.1 Å². The number of carboxylic acid groups (broad SMARTS) is 1. The molecule has 1 aromatic heterocycles. The lowest BCUT2D eigenvalue weighted by molar-refractivity contribution is -0.133. The van der Waals surface area contributed by atoms with Crippen LogP contribution < -0.4 is 0 Å². The van der Waals surface area contributed by atoms with Crippen LogP contribution in [0.2, 0.25) is 0 Å². The van der Waals surface area contributed by atoms with Crippen molar-refractivity contribution in [3.63, 3.8) is 0 Å². The average molecular weight is 343 g/mol. The predicted octanol–water partition coefficient (Wildman–Crippen LogP) is 3.03. The Kier molecular flexibility index (Phi) is 4.35. The number of carboxylic acids is 1.